The van der Waals surface area contributed by atoms with E-state index < -0.39 is 0 Å². The van der Waals surface area contributed by atoms with Crippen molar-refractivity contribution in [2.45, 2.75) is 17.5 Å². The Labute approximate surface area is 180 Å². The van der Waals surface area contributed by atoms with Crippen LogP contribution in [0.3, 0.4) is 0 Å². The zero-order chi connectivity index (χ0) is 20.8. The number of thioether (sulfide) groups is 1. The molecule has 0 spiro atoms. The topological polar surface area (TPSA) is 56.1 Å². The lowest BCUT2D eigenvalue weighted by molar-refractivity contribution is 0.102. The van der Waals surface area contributed by atoms with Gasteiger partial charge in [0.05, 0.1) is 17.6 Å². The van der Waals surface area contributed by atoms with Crippen molar-refractivity contribution in [2.75, 3.05) is 19.0 Å². The second-order valence-electron chi connectivity index (χ2n) is 6.83. The second-order valence-corrected chi connectivity index (χ2v) is 7.78. The first-order valence-corrected chi connectivity index (χ1v) is 10.8. The summed E-state index contributed by atoms with van der Waals surface area (Å²) in [5.74, 6) is 0.665. The molecule has 3 aromatic carbocycles. The van der Waals surface area contributed by atoms with Crippen molar-refractivity contribution in [3.63, 3.8) is 0 Å². The van der Waals surface area contributed by atoms with E-state index in [-0.39, 0.29) is 5.91 Å². The minimum absolute atomic E-state index is 0.109. The number of imidazole rings is 1. The summed E-state index contributed by atoms with van der Waals surface area (Å²) in [6, 6.07) is 25.3. The Bertz CT molecular complexity index is 1120. The van der Waals surface area contributed by atoms with Crippen LogP contribution in [0.4, 0.5) is 5.69 Å². The molecular formula is C24H23N3O2S. The maximum Gasteiger partial charge on any atom is 0.255 e. The zero-order valence-electron chi connectivity index (χ0n) is 16.7. The molecule has 0 bridgehead atoms. The molecule has 0 fully saturated rings. The first-order valence-electron chi connectivity index (χ1n) is 9.77. The molecule has 6 heteroatoms. The lowest BCUT2D eigenvalue weighted by atomic mass is 10.1. The van der Waals surface area contributed by atoms with Crippen LogP contribution in [-0.2, 0) is 17.0 Å². The highest BCUT2D eigenvalue weighted by Gasteiger charge is 2.11. The lowest BCUT2D eigenvalue weighted by Gasteiger charge is -2.09. The maximum absolute atomic E-state index is 12.4. The van der Waals surface area contributed by atoms with Gasteiger partial charge < -0.3 is 14.6 Å². The van der Waals surface area contributed by atoms with Gasteiger partial charge in [0.1, 0.15) is 0 Å². The smallest absolute Gasteiger partial charge is 0.255 e. The van der Waals surface area contributed by atoms with Crippen LogP contribution in [0.2, 0.25) is 0 Å². The fraction of sp³-hybridized carbons (Fsp3) is 0.167. The van der Waals surface area contributed by atoms with Crippen LogP contribution in [0.15, 0.2) is 84.0 Å². The number of carbonyl (C=O) groups excluding carboxylic acids is 1. The van der Waals surface area contributed by atoms with Crippen LogP contribution in [0.5, 0.6) is 0 Å². The fourth-order valence-corrected chi connectivity index (χ4v) is 4.18. The molecule has 0 saturated carbocycles. The number of rotatable bonds is 8. The van der Waals surface area contributed by atoms with E-state index in [1.165, 1.54) is 0 Å². The number of nitrogens with one attached hydrogen (secondary N) is 1. The van der Waals surface area contributed by atoms with E-state index in [2.05, 4.69) is 16.0 Å². The summed E-state index contributed by atoms with van der Waals surface area (Å²) in [6.07, 6.45) is 0. The molecule has 4 aromatic rings. The predicted molar refractivity (Wildman–Crippen MR) is 122 cm³/mol. The van der Waals surface area contributed by atoms with E-state index in [0.717, 1.165) is 39.7 Å². The largest absolute Gasteiger partial charge is 0.383 e. The molecule has 4 rings (SSSR count). The molecular weight excluding hydrogens is 394 g/mol. The number of nitrogens with zero attached hydrogens (tertiary/aromatic N) is 2. The van der Waals surface area contributed by atoms with Gasteiger partial charge >= 0.3 is 0 Å². The van der Waals surface area contributed by atoms with E-state index in [9.17, 15) is 4.79 Å². The number of hydrogen-bond donors (Lipinski definition) is 1. The van der Waals surface area contributed by atoms with Gasteiger partial charge in [0.25, 0.3) is 5.91 Å². The van der Waals surface area contributed by atoms with Gasteiger partial charge in [0.15, 0.2) is 5.16 Å². The van der Waals surface area contributed by atoms with E-state index in [0.29, 0.717) is 12.2 Å². The Morgan fingerprint density at radius 2 is 1.73 bits per heavy atom. The average molecular weight is 418 g/mol. The van der Waals surface area contributed by atoms with Gasteiger partial charge in [-0.05, 0) is 42.0 Å². The summed E-state index contributed by atoms with van der Waals surface area (Å²) in [7, 11) is 1.71. The van der Waals surface area contributed by atoms with E-state index in [1.807, 2.05) is 72.8 Å². The minimum atomic E-state index is -0.109. The molecule has 0 unspecified atom stereocenters. The van der Waals surface area contributed by atoms with Crippen molar-refractivity contribution < 1.29 is 9.53 Å². The molecule has 1 amide bonds. The number of hydrogen-bond acceptors (Lipinski definition) is 4. The van der Waals surface area contributed by atoms with Crippen molar-refractivity contribution in [3.05, 3.63) is 90.0 Å². The van der Waals surface area contributed by atoms with Gasteiger partial charge in [-0.3, -0.25) is 4.79 Å². The summed E-state index contributed by atoms with van der Waals surface area (Å²) < 4.78 is 7.46. The Morgan fingerprint density at radius 1 is 1.00 bits per heavy atom. The molecule has 152 valence electrons. The molecule has 1 aromatic heterocycles. The number of fused-ring (bicyclic) bond motifs is 1. The molecule has 1 heterocycles. The highest BCUT2D eigenvalue weighted by molar-refractivity contribution is 7.98. The van der Waals surface area contributed by atoms with Crippen LogP contribution in [-0.4, -0.2) is 29.2 Å². The molecule has 0 aliphatic carbocycles. The van der Waals surface area contributed by atoms with E-state index in [4.69, 9.17) is 9.72 Å². The second kappa shape index (κ2) is 9.61. The third-order valence-electron chi connectivity index (χ3n) is 4.75. The van der Waals surface area contributed by atoms with Crippen LogP contribution in [0, 0.1) is 0 Å². The number of para-hydroxylation sites is 3. The van der Waals surface area contributed by atoms with Crippen molar-refractivity contribution >= 4 is 34.4 Å². The third kappa shape index (κ3) is 4.72. The highest BCUT2D eigenvalue weighted by atomic mass is 32.2. The number of methoxy groups -OCH3 is 1. The summed E-state index contributed by atoms with van der Waals surface area (Å²) >= 11 is 1.69. The van der Waals surface area contributed by atoms with Gasteiger partial charge in [0.2, 0.25) is 0 Å². The van der Waals surface area contributed by atoms with Crippen LogP contribution in [0.1, 0.15) is 15.9 Å². The molecule has 0 atom stereocenters. The number of amides is 1. The average Bonchev–Trinajstić information content (AvgIpc) is 3.14. The summed E-state index contributed by atoms with van der Waals surface area (Å²) in [6.45, 7) is 1.40. The normalized spacial score (nSPS) is 11.0. The van der Waals surface area contributed by atoms with Gasteiger partial charge in [-0.1, -0.05) is 54.2 Å². The van der Waals surface area contributed by atoms with Gasteiger partial charge in [0, 0.05) is 30.7 Å². The van der Waals surface area contributed by atoms with Crippen LogP contribution < -0.4 is 5.32 Å². The first kappa shape index (κ1) is 20.2. The molecule has 30 heavy (non-hydrogen) atoms. The summed E-state index contributed by atoms with van der Waals surface area (Å²) in [5.41, 5.74) is 4.67. The van der Waals surface area contributed by atoms with E-state index in [1.54, 1.807) is 18.9 Å². The molecule has 5 nitrogen and oxygen atoms in total. The highest BCUT2D eigenvalue weighted by Crippen LogP contribution is 2.27. The zero-order valence-corrected chi connectivity index (χ0v) is 17.6. The van der Waals surface area contributed by atoms with Gasteiger partial charge in [-0.2, -0.15) is 0 Å². The molecule has 0 radical (unpaired) electrons. The maximum atomic E-state index is 12.4. The molecule has 1 N–H and O–H groups in total. The Kier molecular flexibility index (Phi) is 6.47. The number of carbonyl (C=O) groups is 1. The van der Waals surface area contributed by atoms with Crippen molar-refractivity contribution in [1.82, 2.24) is 9.55 Å². The molecule has 0 aliphatic heterocycles. The van der Waals surface area contributed by atoms with Gasteiger partial charge in [-0.15, -0.1) is 0 Å². The molecule has 0 aliphatic rings. The van der Waals surface area contributed by atoms with Crippen molar-refractivity contribution in [1.29, 1.82) is 0 Å². The standard InChI is InChI=1S/C24H23N3O2S/c1-29-16-15-27-22-10-6-5-9-21(22)26-24(27)30-17-18-11-13-19(14-12-18)23(28)25-20-7-3-2-4-8-20/h2-14H,15-17H2,1H3,(H,25,28). The quantitative estimate of drug-likeness (QED) is 0.399. The summed E-state index contributed by atoms with van der Waals surface area (Å²) in [4.78, 5) is 17.2. The van der Waals surface area contributed by atoms with E-state index >= 15 is 0 Å². The van der Waals surface area contributed by atoms with Crippen molar-refractivity contribution in [3.8, 4) is 0 Å². The number of benzene rings is 3. The fourth-order valence-electron chi connectivity index (χ4n) is 3.19. The third-order valence-corrected chi connectivity index (χ3v) is 5.80. The van der Waals surface area contributed by atoms with Crippen LogP contribution in [0.25, 0.3) is 11.0 Å². The Balaban J connectivity index is 1.43. The van der Waals surface area contributed by atoms with Crippen LogP contribution >= 0.6 is 11.8 Å². The number of ether oxygens (including phenoxy) is 1. The predicted octanol–water partition coefficient (Wildman–Crippen LogP) is 5.23. The summed E-state index contributed by atoms with van der Waals surface area (Å²) in [5, 5.41) is 3.88. The minimum Gasteiger partial charge on any atom is -0.383 e. The number of aromatic nitrogens is 2. The number of anilines is 1. The lowest BCUT2D eigenvalue weighted by Crippen LogP contribution is -2.11. The Hall–Kier alpha value is -3.09. The monoisotopic (exact) mass is 417 g/mol. The van der Waals surface area contributed by atoms with Crippen molar-refractivity contribution in [2.24, 2.45) is 0 Å². The molecule has 0 saturated heterocycles. The Morgan fingerprint density at radius 3 is 2.50 bits per heavy atom. The first-order chi connectivity index (χ1) is 14.7. The SMILES string of the molecule is COCCn1c(SCc2ccc(C(=O)Nc3ccccc3)cc2)nc2ccccc21. The van der Waals surface area contributed by atoms with Gasteiger partial charge in [-0.25, -0.2) is 4.98 Å².